The predicted octanol–water partition coefficient (Wildman–Crippen LogP) is 0.927. The van der Waals surface area contributed by atoms with E-state index in [9.17, 15) is 9.59 Å². The second-order valence-corrected chi connectivity index (χ2v) is 5.75. The number of piperidine rings is 1. The van der Waals surface area contributed by atoms with Gasteiger partial charge in [0.1, 0.15) is 6.61 Å². The van der Waals surface area contributed by atoms with Crippen molar-refractivity contribution in [2.75, 3.05) is 33.4 Å². The van der Waals surface area contributed by atoms with E-state index in [2.05, 4.69) is 5.32 Å². The zero-order valence-corrected chi connectivity index (χ0v) is 14.7. The molecule has 0 unspecified atom stereocenters. The molecular formula is C15H30ClN3O3. The number of rotatable bonds is 7. The van der Waals surface area contributed by atoms with Gasteiger partial charge in [0.05, 0.1) is 5.41 Å². The summed E-state index contributed by atoms with van der Waals surface area (Å²) >= 11 is 0. The summed E-state index contributed by atoms with van der Waals surface area (Å²) < 4.78 is 4.86. The zero-order valence-electron chi connectivity index (χ0n) is 13.9. The molecule has 22 heavy (non-hydrogen) atoms. The average molecular weight is 336 g/mol. The summed E-state index contributed by atoms with van der Waals surface area (Å²) in [6.07, 6.45) is 3.07. The van der Waals surface area contributed by atoms with Crippen molar-refractivity contribution in [3.8, 4) is 0 Å². The van der Waals surface area contributed by atoms with E-state index >= 15 is 0 Å². The molecule has 1 aliphatic rings. The smallest absolute Gasteiger partial charge is 0.248 e. The predicted molar refractivity (Wildman–Crippen MR) is 88.9 cm³/mol. The van der Waals surface area contributed by atoms with Gasteiger partial charge in [0, 0.05) is 32.8 Å². The Hall–Kier alpha value is -0.850. The van der Waals surface area contributed by atoms with E-state index in [1.54, 1.807) is 4.90 Å². The second kappa shape index (κ2) is 10.0. The van der Waals surface area contributed by atoms with E-state index in [0.29, 0.717) is 19.6 Å². The highest BCUT2D eigenvalue weighted by atomic mass is 35.5. The lowest BCUT2D eigenvalue weighted by Crippen LogP contribution is -2.52. The molecule has 0 aliphatic carbocycles. The number of amides is 2. The Morgan fingerprint density at radius 2 is 1.82 bits per heavy atom. The lowest BCUT2D eigenvalue weighted by atomic mass is 9.81. The van der Waals surface area contributed by atoms with Crippen molar-refractivity contribution in [2.24, 2.45) is 11.1 Å². The third-order valence-corrected chi connectivity index (χ3v) is 4.68. The molecule has 3 N–H and O–H groups in total. The molecule has 0 aromatic heterocycles. The topological polar surface area (TPSA) is 84.7 Å². The van der Waals surface area contributed by atoms with Crippen LogP contribution in [0, 0.1) is 5.41 Å². The van der Waals surface area contributed by atoms with E-state index in [1.165, 1.54) is 7.11 Å². The molecule has 0 saturated carbocycles. The van der Waals surface area contributed by atoms with Gasteiger partial charge in [-0.25, -0.2) is 0 Å². The number of likely N-dealkylation sites (tertiary alicyclic amines) is 1. The third-order valence-electron chi connectivity index (χ3n) is 4.68. The number of hydrogen-bond donors (Lipinski definition) is 2. The monoisotopic (exact) mass is 335 g/mol. The molecule has 2 amide bonds. The number of nitrogens with zero attached hydrogens (tertiary/aromatic N) is 1. The van der Waals surface area contributed by atoms with Crippen molar-refractivity contribution >= 4 is 24.2 Å². The standard InChI is InChI=1S/C15H29N3O3.ClH/c1-4-15(5-2,11-16)14(20)17-12-6-8-18(9-7-12)13(19)10-21-3;/h12H,4-11,16H2,1-3H3,(H,17,20);1H. The van der Waals surface area contributed by atoms with Gasteiger partial charge in [-0.15, -0.1) is 12.4 Å². The molecule has 0 radical (unpaired) electrons. The Morgan fingerprint density at radius 3 is 2.23 bits per heavy atom. The molecule has 0 aromatic rings. The minimum atomic E-state index is -0.455. The van der Waals surface area contributed by atoms with Crippen LogP contribution >= 0.6 is 12.4 Å². The van der Waals surface area contributed by atoms with Crippen LogP contribution < -0.4 is 11.1 Å². The lowest BCUT2D eigenvalue weighted by molar-refractivity contribution is -0.136. The molecule has 6 nitrogen and oxygen atoms in total. The second-order valence-electron chi connectivity index (χ2n) is 5.75. The first kappa shape index (κ1) is 21.1. The fourth-order valence-electron chi connectivity index (χ4n) is 2.78. The van der Waals surface area contributed by atoms with Crippen LogP contribution in [0.4, 0.5) is 0 Å². The number of nitrogens with one attached hydrogen (secondary N) is 1. The van der Waals surface area contributed by atoms with Gasteiger partial charge in [-0.3, -0.25) is 9.59 Å². The molecule has 130 valence electrons. The normalized spacial score (nSPS) is 16.1. The summed E-state index contributed by atoms with van der Waals surface area (Å²) in [5, 5.41) is 3.12. The molecule has 0 aromatic carbocycles. The number of carbonyl (C=O) groups excluding carboxylic acids is 2. The Bertz CT molecular complexity index is 346. The van der Waals surface area contributed by atoms with Gasteiger partial charge in [0.25, 0.3) is 0 Å². The minimum absolute atomic E-state index is 0. The van der Waals surface area contributed by atoms with E-state index in [4.69, 9.17) is 10.5 Å². The quantitative estimate of drug-likeness (QED) is 0.724. The number of methoxy groups -OCH3 is 1. The molecule has 1 rings (SSSR count). The number of ether oxygens (including phenoxy) is 1. The van der Waals surface area contributed by atoms with Crippen LogP contribution in [-0.4, -0.2) is 56.1 Å². The molecule has 1 fully saturated rings. The van der Waals surface area contributed by atoms with Crippen LogP contribution in [0.25, 0.3) is 0 Å². The largest absolute Gasteiger partial charge is 0.375 e. The van der Waals surface area contributed by atoms with Crippen LogP contribution in [0.3, 0.4) is 0 Å². The van der Waals surface area contributed by atoms with Crippen molar-refractivity contribution in [1.29, 1.82) is 0 Å². The molecule has 1 aliphatic heterocycles. The highest BCUT2D eigenvalue weighted by Gasteiger charge is 2.35. The minimum Gasteiger partial charge on any atom is -0.375 e. The number of carbonyl (C=O) groups is 2. The Morgan fingerprint density at radius 1 is 1.27 bits per heavy atom. The highest BCUT2D eigenvalue weighted by molar-refractivity contribution is 5.85. The lowest BCUT2D eigenvalue weighted by Gasteiger charge is -2.35. The van der Waals surface area contributed by atoms with Gasteiger partial charge in [-0.05, 0) is 25.7 Å². The molecule has 0 atom stereocenters. The molecular weight excluding hydrogens is 306 g/mol. The van der Waals surface area contributed by atoms with Crippen molar-refractivity contribution in [3.63, 3.8) is 0 Å². The van der Waals surface area contributed by atoms with E-state index in [1.807, 2.05) is 13.8 Å². The summed E-state index contributed by atoms with van der Waals surface area (Å²) in [4.78, 5) is 26.0. The SMILES string of the molecule is CCC(CC)(CN)C(=O)NC1CCN(C(=O)COC)CC1.Cl. The number of hydrogen-bond acceptors (Lipinski definition) is 4. The van der Waals surface area contributed by atoms with Gasteiger partial charge in [0.15, 0.2) is 0 Å². The molecule has 0 spiro atoms. The van der Waals surface area contributed by atoms with Crippen LogP contribution in [0.1, 0.15) is 39.5 Å². The fourth-order valence-corrected chi connectivity index (χ4v) is 2.78. The maximum atomic E-state index is 12.5. The van der Waals surface area contributed by atoms with Gasteiger partial charge in [0.2, 0.25) is 11.8 Å². The fraction of sp³-hybridized carbons (Fsp3) is 0.867. The van der Waals surface area contributed by atoms with Crippen LogP contribution in [0.2, 0.25) is 0 Å². The van der Waals surface area contributed by atoms with Crippen molar-refractivity contribution in [2.45, 2.75) is 45.6 Å². The first-order valence-corrected chi connectivity index (χ1v) is 7.80. The first-order valence-electron chi connectivity index (χ1n) is 7.80. The van der Waals surface area contributed by atoms with E-state index in [-0.39, 0.29) is 36.9 Å². The number of halogens is 1. The maximum absolute atomic E-state index is 12.5. The molecule has 0 bridgehead atoms. The van der Waals surface area contributed by atoms with Gasteiger partial charge >= 0.3 is 0 Å². The van der Waals surface area contributed by atoms with Crippen LogP contribution in [0.15, 0.2) is 0 Å². The van der Waals surface area contributed by atoms with Gasteiger partial charge < -0.3 is 20.7 Å². The Balaban J connectivity index is 0.00000441. The Labute approximate surface area is 139 Å². The summed E-state index contributed by atoms with van der Waals surface area (Å²) in [5.41, 5.74) is 5.35. The summed E-state index contributed by atoms with van der Waals surface area (Å²) in [6.45, 7) is 5.84. The maximum Gasteiger partial charge on any atom is 0.248 e. The zero-order chi connectivity index (χ0) is 15.9. The first-order chi connectivity index (χ1) is 10.0. The average Bonchev–Trinajstić information content (AvgIpc) is 2.50. The molecule has 7 heteroatoms. The van der Waals surface area contributed by atoms with E-state index in [0.717, 1.165) is 25.7 Å². The van der Waals surface area contributed by atoms with E-state index < -0.39 is 5.41 Å². The Kier molecular flexibility index (Phi) is 9.64. The summed E-state index contributed by atoms with van der Waals surface area (Å²) in [7, 11) is 1.52. The van der Waals surface area contributed by atoms with Crippen LogP contribution in [0.5, 0.6) is 0 Å². The third kappa shape index (κ3) is 5.11. The van der Waals surface area contributed by atoms with Gasteiger partial charge in [-0.1, -0.05) is 13.8 Å². The highest BCUT2D eigenvalue weighted by Crippen LogP contribution is 2.26. The van der Waals surface area contributed by atoms with Crippen LogP contribution in [-0.2, 0) is 14.3 Å². The van der Waals surface area contributed by atoms with Crippen molar-refractivity contribution in [1.82, 2.24) is 10.2 Å². The summed E-state index contributed by atoms with van der Waals surface area (Å²) in [6, 6.07) is 0.133. The molecule has 1 saturated heterocycles. The summed E-state index contributed by atoms with van der Waals surface area (Å²) in [5.74, 6) is 0.0670. The van der Waals surface area contributed by atoms with Gasteiger partial charge in [-0.2, -0.15) is 0 Å². The molecule has 1 heterocycles. The van der Waals surface area contributed by atoms with Crippen molar-refractivity contribution < 1.29 is 14.3 Å². The van der Waals surface area contributed by atoms with Crippen molar-refractivity contribution in [3.05, 3.63) is 0 Å². The number of nitrogens with two attached hydrogens (primary N) is 1.